The molecule has 35 heavy (non-hydrogen) atoms. The highest BCUT2D eigenvalue weighted by atomic mass is 16.8. The van der Waals surface area contributed by atoms with Gasteiger partial charge in [-0.15, -0.1) is 0 Å². The Labute approximate surface area is 206 Å². The van der Waals surface area contributed by atoms with E-state index in [9.17, 15) is 5.11 Å². The first kappa shape index (κ1) is 29.0. The van der Waals surface area contributed by atoms with Crippen molar-refractivity contribution in [2.24, 2.45) is 0 Å². The highest BCUT2D eigenvalue weighted by Gasteiger charge is 2.50. The molecule has 3 fully saturated rings. The predicted molar refractivity (Wildman–Crippen MR) is 117 cm³/mol. The lowest BCUT2D eigenvalue weighted by atomic mass is 10.0. The molecule has 13 nitrogen and oxygen atoms in total. The average Bonchev–Trinajstić information content (AvgIpc) is 2.88. The van der Waals surface area contributed by atoms with Crippen LogP contribution in [0, 0.1) is 0 Å². The summed E-state index contributed by atoms with van der Waals surface area (Å²) >= 11 is 0. The molecule has 0 amide bonds. The molecule has 0 unspecified atom stereocenters. The van der Waals surface area contributed by atoms with Gasteiger partial charge in [-0.2, -0.15) is 0 Å². The van der Waals surface area contributed by atoms with Crippen molar-refractivity contribution in [3.05, 3.63) is 0 Å². The van der Waals surface area contributed by atoms with Gasteiger partial charge < -0.3 is 61.9 Å². The minimum atomic E-state index is -1.14. The summed E-state index contributed by atoms with van der Waals surface area (Å²) in [5, 5.41) is 10.1. The SMILES string of the molecule is CO[C@@H]1[C@@H](OC)[C@H](O[C@@H]2OC[C@@H](OC)[C@H](O[C@H]3OC[C@@H](OC)[C@H](OC)[C@H]3OC)[C@H]2OC)CO[C@H]1O. The summed E-state index contributed by atoms with van der Waals surface area (Å²) < 4.78 is 68.9. The number of rotatable bonds is 11. The van der Waals surface area contributed by atoms with E-state index < -0.39 is 67.7 Å². The number of hydrogen-bond acceptors (Lipinski definition) is 13. The van der Waals surface area contributed by atoms with Crippen LogP contribution in [0.4, 0.5) is 0 Å². The number of hydrogen-bond donors (Lipinski definition) is 1. The van der Waals surface area contributed by atoms with E-state index in [0.717, 1.165) is 0 Å². The maximum Gasteiger partial charge on any atom is 0.187 e. The molecule has 3 aliphatic heterocycles. The second kappa shape index (κ2) is 13.9. The number of methoxy groups -OCH3 is 7. The largest absolute Gasteiger partial charge is 0.376 e. The molecule has 0 aromatic carbocycles. The van der Waals surface area contributed by atoms with E-state index in [1.165, 1.54) is 21.3 Å². The lowest BCUT2D eigenvalue weighted by Gasteiger charge is -2.47. The van der Waals surface area contributed by atoms with Crippen LogP contribution in [0.3, 0.4) is 0 Å². The molecule has 0 aliphatic carbocycles. The van der Waals surface area contributed by atoms with Gasteiger partial charge in [0.2, 0.25) is 0 Å². The van der Waals surface area contributed by atoms with Crippen LogP contribution in [-0.2, 0) is 56.8 Å². The Morgan fingerprint density at radius 2 is 0.886 bits per heavy atom. The molecule has 3 aliphatic rings. The molecule has 0 bridgehead atoms. The molecule has 0 radical (unpaired) electrons. The predicted octanol–water partition coefficient (Wildman–Crippen LogP) is -1.08. The molecule has 0 aromatic heterocycles. The van der Waals surface area contributed by atoms with Crippen molar-refractivity contribution in [3.63, 3.8) is 0 Å². The van der Waals surface area contributed by atoms with Gasteiger partial charge in [-0.25, -0.2) is 0 Å². The van der Waals surface area contributed by atoms with Gasteiger partial charge in [0.25, 0.3) is 0 Å². The summed E-state index contributed by atoms with van der Waals surface area (Å²) in [7, 11) is 10.8. The topological polar surface area (TPSA) is 131 Å². The Balaban J connectivity index is 1.76. The Kier molecular flexibility index (Phi) is 11.5. The maximum absolute atomic E-state index is 10.1. The first-order valence-electron chi connectivity index (χ1n) is 11.5. The summed E-state index contributed by atoms with van der Waals surface area (Å²) in [4.78, 5) is 0. The second-order valence-corrected chi connectivity index (χ2v) is 8.45. The molecular formula is C22H40O13. The van der Waals surface area contributed by atoms with Crippen LogP contribution in [0.5, 0.6) is 0 Å². The van der Waals surface area contributed by atoms with Gasteiger partial charge in [0.15, 0.2) is 18.9 Å². The number of aliphatic hydroxyl groups is 1. The van der Waals surface area contributed by atoms with Crippen LogP contribution < -0.4 is 0 Å². The number of aliphatic hydroxyl groups excluding tert-OH is 1. The molecule has 0 saturated carbocycles. The Morgan fingerprint density at radius 3 is 1.40 bits per heavy atom. The van der Waals surface area contributed by atoms with E-state index in [1.54, 1.807) is 28.4 Å². The first-order chi connectivity index (χ1) is 17.0. The lowest BCUT2D eigenvalue weighted by molar-refractivity contribution is -0.359. The van der Waals surface area contributed by atoms with E-state index in [1.807, 2.05) is 0 Å². The smallest absolute Gasteiger partial charge is 0.187 e. The second-order valence-electron chi connectivity index (χ2n) is 8.45. The Hall–Kier alpha value is -0.520. The van der Waals surface area contributed by atoms with Gasteiger partial charge >= 0.3 is 0 Å². The van der Waals surface area contributed by atoms with Crippen LogP contribution in [0.25, 0.3) is 0 Å². The van der Waals surface area contributed by atoms with Crippen LogP contribution >= 0.6 is 0 Å². The Bertz CT molecular complexity index is 612. The summed E-state index contributed by atoms with van der Waals surface area (Å²) in [6.07, 6.45) is -7.82. The van der Waals surface area contributed by atoms with Crippen molar-refractivity contribution < 1.29 is 61.9 Å². The monoisotopic (exact) mass is 512 g/mol. The molecule has 0 spiro atoms. The molecule has 3 heterocycles. The van der Waals surface area contributed by atoms with E-state index >= 15 is 0 Å². The fraction of sp³-hybridized carbons (Fsp3) is 1.00. The van der Waals surface area contributed by atoms with Gasteiger partial charge in [0.1, 0.15) is 54.9 Å². The van der Waals surface area contributed by atoms with Crippen LogP contribution in [0.2, 0.25) is 0 Å². The Morgan fingerprint density at radius 1 is 0.457 bits per heavy atom. The van der Waals surface area contributed by atoms with Gasteiger partial charge in [-0.05, 0) is 0 Å². The zero-order valence-electron chi connectivity index (χ0n) is 21.4. The van der Waals surface area contributed by atoms with E-state index in [2.05, 4.69) is 0 Å². The molecular weight excluding hydrogens is 472 g/mol. The molecule has 3 rings (SSSR count). The van der Waals surface area contributed by atoms with Gasteiger partial charge in [-0.1, -0.05) is 0 Å². The maximum atomic E-state index is 10.1. The van der Waals surface area contributed by atoms with Crippen LogP contribution in [-0.4, -0.2) is 149 Å². The van der Waals surface area contributed by atoms with Crippen molar-refractivity contribution in [2.45, 2.75) is 73.8 Å². The summed E-state index contributed by atoms with van der Waals surface area (Å²) in [6.45, 7) is 0.500. The summed E-state index contributed by atoms with van der Waals surface area (Å²) in [5.41, 5.74) is 0. The van der Waals surface area contributed by atoms with Crippen molar-refractivity contribution in [1.29, 1.82) is 0 Å². The average molecular weight is 513 g/mol. The fourth-order valence-corrected chi connectivity index (χ4v) is 4.81. The molecule has 1 N–H and O–H groups in total. The third-order valence-corrected chi connectivity index (χ3v) is 6.74. The zero-order chi connectivity index (χ0) is 25.5. The van der Waals surface area contributed by atoms with E-state index in [4.69, 9.17) is 56.8 Å². The quantitative estimate of drug-likeness (QED) is 0.361. The first-order valence-corrected chi connectivity index (χ1v) is 11.5. The minimum absolute atomic E-state index is 0.0699. The normalized spacial score (nSPS) is 44.9. The van der Waals surface area contributed by atoms with Gasteiger partial charge in [0.05, 0.1) is 19.8 Å². The van der Waals surface area contributed by atoms with Crippen LogP contribution in [0.1, 0.15) is 0 Å². The van der Waals surface area contributed by atoms with Crippen LogP contribution in [0.15, 0.2) is 0 Å². The highest BCUT2D eigenvalue weighted by molar-refractivity contribution is 4.93. The van der Waals surface area contributed by atoms with E-state index in [-0.39, 0.29) is 25.9 Å². The molecule has 0 aromatic rings. The third-order valence-electron chi connectivity index (χ3n) is 6.74. The van der Waals surface area contributed by atoms with Crippen molar-refractivity contribution in [2.75, 3.05) is 69.6 Å². The van der Waals surface area contributed by atoms with Crippen molar-refractivity contribution in [1.82, 2.24) is 0 Å². The molecule has 13 heteroatoms. The number of ether oxygens (including phenoxy) is 12. The van der Waals surface area contributed by atoms with E-state index in [0.29, 0.717) is 0 Å². The minimum Gasteiger partial charge on any atom is -0.376 e. The highest BCUT2D eigenvalue weighted by Crippen LogP contribution is 2.31. The fourth-order valence-electron chi connectivity index (χ4n) is 4.81. The van der Waals surface area contributed by atoms with Gasteiger partial charge in [0, 0.05) is 49.8 Å². The summed E-state index contributed by atoms with van der Waals surface area (Å²) in [5.74, 6) is 0. The molecule has 12 atom stereocenters. The molecule has 3 saturated heterocycles. The van der Waals surface area contributed by atoms with Crippen molar-refractivity contribution >= 4 is 0 Å². The third kappa shape index (κ3) is 6.32. The lowest BCUT2D eigenvalue weighted by Crippen LogP contribution is -2.63. The summed E-state index contributed by atoms with van der Waals surface area (Å²) in [6, 6.07) is 0. The standard InChI is InChI=1S/C22H40O13/c1-24-11-8-33-22(18(29-6)14(11)26-3)35-16-12(25-2)9-32-21(19(16)30-7)34-13-10-31-20(23)17(28-5)15(13)27-4/h11-23H,8-10H2,1-7H3/t11-,12-,13-,14+,15+,16+,17-,18-,19-,20-,21+,22-/m1/s1. The van der Waals surface area contributed by atoms with Crippen molar-refractivity contribution in [3.8, 4) is 0 Å². The zero-order valence-corrected chi connectivity index (χ0v) is 21.4. The van der Waals surface area contributed by atoms with Gasteiger partial charge in [-0.3, -0.25) is 0 Å². The molecule has 206 valence electrons.